The minimum atomic E-state index is -0.929. The van der Waals surface area contributed by atoms with Crippen LogP contribution in [0.3, 0.4) is 0 Å². The van der Waals surface area contributed by atoms with Crippen LogP contribution >= 0.6 is 11.6 Å². The molecule has 118 valence electrons. The van der Waals surface area contributed by atoms with Crippen molar-refractivity contribution in [2.24, 2.45) is 0 Å². The van der Waals surface area contributed by atoms with E-state index in [1.54, 1.807) is 12.3 Å². The molecule has 6 heteroatoms. The molecule has 5 nitrogen and oxygen atoms in total. The molecule has 1 aliphatic heterocycles. The van der Waals surface area contributed by atoms with Gasteiger partial charge in [0.15, 0.2) is 0 Å². The number of nitrogens with zero attached hydrogens (tertiary/aromatic N) is 3. The Balaban J connectivity index is 2.07. The molecule has 0 aromatic carbocycles. The van der Waals surface area contributed by atoms with Crippen molar-refractivity contribution in [2.75, 3.05) is 37.7 Å². The largest absolute Gasteiger partial charge is 0.393 e. The lowest BCUT2D eigenvalue weighted by Gasteiger charge is -2.42. The Morgan fingerprint density at radius 2 is 1.90 bits per heavy atom. The monoisotopic (exact) mass is 313 g/mol. The van der Waals surface area contributed by atoms with Gasteiger partial charge in [-0.05, 0) is 26.8 Å². The number of hydrogen-bond donors (Lipinski definition) is 2. The molecule has 0 spiro atoms. The van der Waals surface area contributed by atoms with Gasteiger partial charge in [-0.2, -0.15) is 0 Å². The van der Waals surface area contributed by atoms with Crippen molar-refractivity contribution >= 4 is 17.4 Å². The number of hydrogen-bond acceptors (Lipinski definition) is 5. The van der Waals surface area contributed by atoms with Crippen molar-refractivity contribution in [3.8, 4) is 0 Å². The van der Waals surface area contributed by atoms with Crippen LogP contribution in [-0.4, -0.2) is 58.4 Å². The SMILES string of the molecule is CC(C)(C)N1CCN(c2ncc([C@H](O)CO)cc2Cl)CC1. The first kappa shape index (κ1) is 16.5. The lowest BCUT2D eigenvalue weighted by atomic mass is 10.0. The van der Waals surface area contributed by atoms with E-state index in [9.17, 15) is 5.11 Å². The Hall–Kier alpha value is -0.880. The highest BCUT2D eigenvalue weighted by Gasteiger charge is 2.27. The minimum absolute atomic E-state index is 0.179. The molecule has 2 heterocycles. The lowest BCUT2D eigenvalue weighted by Crippen LogP contribution is -2.53. The van der Waals surface area contributed by atoms with Gasteiger partial charge >= 0.3 is 0 Å². The van der Waals surface area contributed by atoms with Gasteiger partial charge in [-0.25, -0.2) is 4.98 Å². The maximum Gasteiger partial charge on any atom is 0.147 e. The zero-order valence-electron chi connectivity index (χ0n) is 12.9. The third-order valence-electron chi connectivity index (χ3n) is 3.93. The molecule has 1 saturated heterocycles. The third-order valence-corrected chi connectivity index (χ3v) is 4.21. The van der Waals surface area contributed by atoms with Gasteiger partial charge in [0, 0.05) is 43.5 Å². The summed E-state index contributed by atoms with van der Waals surface area (Å²) in [6.07, 6.45) is 0.653. The second-order valence-electron chi connectivity index (χ2n) is 6.42. The van der Waals surface area contributed by atoms with E-state index in [1.807, 2.05) is 0 Å². The highest BCUT2D eigenvalue weighted by atomic mass is 35.5. The van der Waals surface area contributed by atoms with Crippen LogP contribution < -0.4 is 4.90 Å². The zero-order chi connectivity index (χ0) is 15.6. The highest BCUT2D eigenvalue weighted by Crippen LogP contribution is 2.28. The molecule has 2 rings (SSSR count). The summed E-state index contributed by atoms with van der Waals surface area (Å²) < 4.78 is 0. The van der Waals surface area contributed by atoms with Gasteiger partial charge in [-0.15, -0.1) is 0 Å². The van der Waals surface area contributed by atoms with Crippen molar-refractivity contribution in [3.63, 3.8) is 0 Å². The van der Waals surface area contributed by atoms with E-state index in [0.29, 0.717) is 10.6 Å². The van der Waals surface area contributed by atoms with Crippen LogP contribution in [0.15, 0.2) is 12.3 Å². The summed E-state index contributed by atoms with van der Waals surface area (Å²) >= 11 is 6.28. The summed E-state index contributed by atoms with van der Waals surface area (Å²) in [4.78, 5) is 8.97. The Labute approximate surface area is 131 Å². The van der Waals surface area contributed by atoms with E-state index >= 15 is 0 Å². The average Bonchev–Trinajstić information content (AvgIpc) is 2.45. The first-order valence-corrected chi connectivity index (χ1v) is 7.65. The lowest BCUT2D eigenvalue weighted by molar-refractivity contribution is 0.0953. The number of piperazine rings is 1. The number of aliphatic hydroxyl groups excluding tert-OH is 2. The molecular weight excluding hydrogens is 290 g/mol. The van der Waals surface area contributed by atoms with Crippen LogP contribution in [0.5, 0.6) is 0 Å². The van der Waals surface area contributed by atoms with Gasteiger partial charge in [0.2, 0.25) is 0 Å². The smallest absolute Gasteiger partial charge is 0.147 e. The van der Waals surface area contributed by atoms with Gasteiger partial charge in [0.25, 0.3) is 0 Å². The molecule has 0 unspecified atom stereocenters. The minimum Gasteiger partial charge on any atom is -0.393 e. The Bertz CT molecular complexity index is 482. The predicted molar refractivity (Wildman–Crippen MR) is 84.8 cm³/mol. The van der Waals surface area contributed by atoms with Crippen LogP contribution in [0.4, 0.5) is 5.82 Å². The first-order chi connectivity index (χ1) is 9.82. The van der Waals surface area contributed by atoms with Crippen molar-refractivity contribution in [1.82, 2.24) is 9.88 Å². The molecule has 0 amide bonds. The molecule has 0 saturated carbocycles. The summed E-state index contributed by atoms with van der Waals surface area (Å²) in [7, 11) is 0. The fourth-order valence-corrected chi connectivity index (χ4v) is 2.85. The van der Waals surface area contributed by atoms with Crippen molar-refractivity contribution < 1.29 is 10.2 Å². The highest BCUT2D eigenvalue weighted by molar-refractivity contribution is 6.33. The molecule has 0 bridgehead atoms. The molecule has 1 aliphatic rings. The first-order valence-electron chi connectivity index (χ1n) is 7.27. The molecule has 1 fully saturated rings. The van der Waals surface area contributed by atoms with Crippen LogP contribution in [0.1, 0.15) is 32.4 Å². The fourth-order valence-electron chi connectivity index (χ4n) is 2.55. The van der Waals surface area contributed by atoms with E-state index in [4.69, 9.17) is 16.7 Å². The van der Waals surface area contributed by atoms with Crippen molar-refractivity contribution in [1.29, 1.82) is 0 Å². The third kappa shape index (κ3) is 3.86. The van der Waals surface area contributed by atoms with E-state index in [1.165, 1.54) is 0 Å². The van der Waals surface area contributed by atoms with Gasteiger partial charge in [0.05, 0.1) is 11.6 Å². The van der Waals surface area contributed by atoms with Crippen molar-refractivity contribution in [3.05, 3.63) is 22.8 Å². The average molecular weight is 314 g/mol. The topological polar surface area (TPSA) is 59.8 Å². The van der Waals surface area contributed by atoms with Crippen LogP contribution in [-0.2, 0) is 0 Å². The van der Waals surface area contributed by atoms with Gasteiger partial charge in [0.1, 0.15) is 11.9 Å². The quantitative estimate of drug-likeness (QED) is 0.889. The Morgan fingerprint density at radius 1 is 1.29 bits per heavy atom. The number of aliphatic hydroxyl groups is 2. The summed E-state index contributed by atoms with van der Waals surface area (Å²) in [5.41, 5.74) is 0.720. The summed E-state index contributed by atoms with van der Waals surface area (Å²) in [5, 5.41) is 19.1. The summed E-state index contributed by atoms with van der Waals surface area (Å²) in [6.45, 7) is 10.0. The second-order valence-corrected chi connectivity index (χ2v) is 6.82. The molecule has 1 atom stereocenters. The Morgan fingerprint density at radius 3 is 2.38 bits per heavy atom. The van der Waals surface area contributed by atoms with Crippen LogP contribution in [0.25, 0.3) is 0 Å². The van der Waals surface area contributed by atoms with E-state index in [2.05, 4.69) is 35.6 Å². The maximum atomic E-state index is 9.61. The number of anilines is 1. The molecule has 0 aliphatic carbocycles. The Kier molecular flexibility index (Phi) is 5.09. The van der Waals surface area contributed by atoms with E-state index in [0.717, 1.165) is 32.0 Å². The molecule has 0 radical (unpaired) electrons. The maximum absolute atomic E-state index is 9.61. The molecule has 2 N–H and O–H groups in total. The molecule has 21 heavy (non-hydrogen) atoms. The fraction of sp³-hybridized carbons (Fsp3) is 0.667. The van der Waals surface area contributed by atoms with Crippen LogP contribution in [0, 0.1) is 0 Å². The molecule has 1 aromatic rings. The van der Waals surface area contributed by atoms with Gasteiger partial charge < -0.3 is 15.1 Å². The molecular formula is C15H24ClN3O2. The second kappa shape index (κ2) is 6.48. The normalized spacial score (nSPS) is 18.9. The number of halogens is 1. The van der Waals surface area contributed by atoms with E-state index < -0.39 is 6.10 Å². The predicted octanol–water partition coefficient (Wildman–Crippen LogP) is 1.68. The summed E-state index contributed by atoms with van der Waals surface area (Å²) in [5.74, 6) is 0.749. The summed E-state index contributed by atoms with van der Waals surface area (Å²) in [6, 6.07) is 1.68. The van der Waals surface area contributed by atoms with Crippen LogP contribution in [0.2, 0.25) is 5.02 Å². The standard InChI is InChI=1S/C15H24ClN3O2/c1-15(2,3)19-6-4-18(5-7-19)14-12(16)8-11(9-17-14)13(21)10-20/h8-9,13,20-21H,4-7,10H2,1-3H3/t13-/m1/s1. The van der Waals surface area contributed by atoms with Gasteiger partial charge in [-0.3, -0.25) is 4.90 Å². The van der Waals surface area contributed by atoms with E-state index in [-0.39, 0.29) is 12.1 Å². The number of pyridine rings is 1. The number of aromatic nitrogens is 1. The molecule has 1 aromatic heterocycles. The van der Waals surface area contributed by atoms with Gasteiger partial charge in [-0.1, -0.05) is 11.6 Å². The zero-order valence-corrected chi connectivity index (χ0v) is 13.6. The van der Waals surface area contributed by atoms with Crippen molar-refractivity contribution in [2.45, 2.75) is 32.4 Å². The number of rotatable bonds is 3.